The largest absolute Gasteiger partial charge is 0.495 e. The molecule has 0 saturated heterocycles. The van der Waals surface area contributed by atoms with Gasteiger partial charge in [-0.05, 0) is 36.8 Å². The van der Waals surface area contributed by atoms with Crippen LogP contribution in [0.2, 0.25) is 0 Å². The summed E-state index contributed by atoms with van der Waals surface area (Å²) in [6, 6.07) is 14.5. The monoisotopic (exact) mass is 419 g/mol. The fourth-order valence-electron chi connectivity index (χ4n) is 3.45. The molecule has 2 aromatic carbocycles. The molecule has 0 bridgehead atoms. The zero-order valence-electron chi connectivity index (χ0n) is 17.0. The molecule has 3 aromatic rings. The van der Waals surface area contributed by atoms with Gasteiger partial charge in [0.25, 0.3) is 5.56 Å². The lowest BCUT2D eigenvalue weighted by molar-refractivity contribution is -0.123. The van der Waals surface area contributed by atoms with Crippen LogP contribution in [-0.4, -0.2) is 28.9 Å². The number of carbonyl (C=O) groups is 2. The Kier molecular flexibility index (Phi) is 5.40. The summed E-state index contributed by atoms with van der Waals surface area (Å²) in [4.78, 5) is 45.1. The number of para-hydroxylation sites is 1. The van der Waals surface area contributed by atoms with Crippen molar-refractivity contribution in [1.29, 1.82) is 0 Å². The molecular formula is C22H21N5O4. The predicted octanol–water partition coefficient (Wildman–Crippen LogP) is 2.90. The number of aromatic amines is 1. The number of amides is 2. The van der Waals surface area contributed by atoms with E-state index in [-0.39, 0.29) is 23.8 Å². The van der Waals surface area contributed by atoms with Crippen LogP contribution < -0.4 is 26.2 Å². The average molecular weight is 419 g/mol. The van der Waals surface area contributed by atoms with Crippen LogP contribution in [0.1, 0.15) is 23.5 Å². The van der Waals surface area contributed by atoms with Crippen LogP contribution in [-0.2, 0) is 9.59 Å². The van der Waals surface area contributed by atoms with E-state index in [1.54, 1.807) is 12.1 Å². The summed E-state index contributed by atoms with van der Waals surface area (Å²) in [5.74, 6) is -1.17. The normalized spacial score (nSPS) is 14.9. The van der Waals surface area contributed by atoms with Gasteiger partial charge in [-0.15, -0.1) is 0 Å². The highest BCUT2D eigenvalue weighted by atomic mass is 16.5. The van der Waals surface area contributed by atoms with Gasteiger partial charge in [-0.25, -0.2) is 0 Å². The maximum atomic E-state index is 13.0. The van der Waals surface area contributed by atoms with Gasteiger partial charge in [-0.3, -0.25) is 19.4 Å². The van der Waals surface area contributed by atoms with Crippen molar-refractivity contribution in [1.82, 2.24) is 9.97 Å². The van der Waals surface area contributed by atoms with Crippen molar-refractivity contribution in [3.8, 4) is 5.75 Å². The Morgan fingerprint density at radius 3 is 2.68 bits per heavy atom. The first-order chi connectivity index (χ1) is 14.9. The predicted molar refractivity (Wildman–Crippen MR) is 117 cm³/mol. The lowest BCUT2D eigenvalue weighted by atomic mass is 9.92. The summed E-state index contributed by atoms with van der Waals surface area (Å²) in [6.45, 7) is 1.88. The fraction of sp³-hybridized carbons (Fsp3) is 0.182. The standard InChI is InChI=1S/C22H21N5O4/c1-12-8-9-16(31-2)15(10-12)24-20(29)14-11-17(28)25-19-18(14)21(30)27-22(26-19)23-13-6-4-3-5-7-13/h3-10,14H,11H2,1-2H3,(H,24,29)(H3,23,25,26,27,28,30)/t14-/m1/s1. The molecule has 9 nitrogen and oxygen atoms in total. The first-order valence-electron chi connectivity index (χ1n) is 9.66. The third-order valence-corrected chi connectivity index (χ3v) is 4.92. The van der Waals surface area contributed by atoms with E-state index in [9.17, 15) is 14.4 Å². The van der Waals surface area contributed by atoms with Gasteiger partial charge >= 0.3 is 0 Å². The molecule has 2 amide bonds. The van der Waals surface area contributed by atoms with Gasteiger partial charge in [-0.1, -0.05) is 24.3 Å². The Morgan fingerprint density at radius 2 is 1.94 bits per heavy atom. The van der Waals surface area contributed by atoms with Gasteiger partial charge in [0.1, 0.15) is 11.6 Å². The number of rotatable bonds is 5. The molecule has 158 valence electrons. The van der Waals surface area contributed by atoms with Gasteiger partial charge in [0.05, 0.1) is 24.3 Å². The Labute approximate surface area is 177 Å². The average Bonchev–Trinajstić information content (AvgIpc) is 2.73. The van der Waals surface area contributed by atoms with E-state index >= 15 is 0 Å². The number of hydrogen-bond acceptors (Lipinski definition) is 6. The molecule has 0 aliphatic carbocycles. The van der Waals surface area contributed by atoms with Crippen molar-refractivity contribution in [2.24, 2.45) is 0 Å². The van der Waals surface area contributed by atoms with Crippen molar-refractivity contribution >= 4 is 35.0 Å². The topological polar surface area (TPSA) is 125 Å². The summed E-state index contributed by atoms with van der Waals surface area (Å²) < 4.78 is 5.29. The van der Waals surface area contributed by atoms with Crippen LogP contribution in [0.5, 0.6) is 5.75 Å². The van der Waals surface area contributed by atoms with Gasteiger partial charge < -0.3 is 20.7 Å². The van der Waals surface area contributed by atoms with E-state index < -0.39 is 23.3 Å². The first-order valence-corrected chi connectivity index (χ1v) is 9.66. The molecule has 1 atom stereocenters. The zero-order chi connectivity index (χ0) is 22.0. The highest BCUT2D eigenvalue weighted by molar-refractivity contribution is 6.05. The number of anilines is 4. The number of aromatic nitrogens is 2. The number of fused-ring (bicyclic) bond motifs is 1. The summed E-state index contributed by atoms with van der Waals surface area (Å²) in [5, 5.41) is 8.35. The minimum atomic E-state index is -0.990. The van der Waals surface area contributed by atoms with Crippen LogP contribution >= 0.6 is 0 Å². The molecule has 31 heavy (non-hydrogen) atoms. The fourth-order valence-corrected chi connectivity index (χ4v) is 3.45. The van der Waals surface area contributed by atoms with E-state index in [0.717, 1.165) is 5.56 Å². The van der Waals surface area contributed by atoms with E-state index in [1.807, 2.05) is 43.3 Å². The molecule has 9 heteroatoms. The van der Waals surface area contributed by atoms with E-state index in [1.165, 1.54) is 7.11 Å². The number of ether oxygens (including phenoxy) is 1. The third-order valence-electron chi connectivity index (χ3n) is 4.92. The maximum absolute atomic E-state index is 13.0. The van der Waals surface area contributed by atoms with Crippen LogP contribution in [0, 0.1) is 6.92 Å². The van der Waals surface area contributed by atoms with E-state index in [4.69, 9.17) is 4.74 Å². The molecule has 4 rings (SSSR count). The number of hydrogen-bond donors (Lipinski definition) is 4. The number of nitrogens with zero attached hydrogens (tertiary/aromatic N) is 1. The minimum Gasteiger partial charge on any atom is -0.495 e. The highest BCUT2D eigenvalue weighted by Gasteiger charge is 2.35. The Hall–Kier alpha value is -4.14. The molecular weight excluding hydrogens is 398 g/mol. The first kappa shape index (κ1) is 20.1. The number of aryl methyl sites for hydroxylation is 1. The molecule has 2 heterocycles. The Balaban J connectivity index is 1.66. The maximum Gasteiger partial charge on any atom is 0.258 e. The summed E-state index contributed by atoms with van der Waals surface area (Å²) >= 11 is 0. The molecule has 4 N–H and O–H groups in total. The molecule has 1 aromatic heterocycles. The number of benzene rings is 2. The van der Waals surface area contributed by atoms with Crippen molar-refractivity contribution < 1.29 is 14.3 Å². The van der Waals surface area contributed by atoms with Gasteiger partial charge in [0.15, 0.2) is 0 Å². The highest BCUT2D eigenvalue weighted by Crippen LogP contribution is 2.32. The number of H-pyrrole nitrogens is 1. The SMILES string of the molecule is COc1ccc(C)cc1NC(=O)[C@@H]1CC(=O)Nc2nc(Nc3ccccc3)[nH]c(=O)c21. The van der Waals surface area contributed by atoms with E-state index in [0.29, 0.717) is 17.1 Å². The quantitative estimate of drug-likeness (QED) is 0.504. The number of carbonyl (C=O) groups excluding carboxylic acids is 2. The lowest BCUT2D eigenvalue weighted by Crippen LogP contribution is -2.36. The van der Waals surface area contributed by atoms with Crippen LogP contribution in [0.3, 0.4) is 0 Å². The van der Waals surface area contributed by atoms with Gasteiger partial charge in [0, 0.05) is 12.1 Å². The van der Waals surface area contributed by atoms with Crippen LogP contribution in [0.15, 0.2) is 53.3 Å². The van der Waals surface area contributed by atoms with Crippen molar-refractivity contribution in [2.75, 3.05) is 23.1 Å². The molecule has 0 unspecified atom stereocenters. The number of nitrogens with one attached hydrogen (secondary N) is 4. The minimum absolute atomic E-state index is 0.0646. The zero-order valence-corrected chi connectivity index (χ0v) is 17.0. The third kappa shape index (κ3) is 4.25. The van der Waals surface area contributed by atoms with Crippen molar-refractivity contribution in [3.63, 3.8) is 0 Å². The summed E-state index contributed by atoms with van der Waals surface area (Å²) in [5.41, 5.74) is 1.72. The van der Waals surface area contributed by atoms with Crippen LogP contribution in [0.25, 0.3) is 0 Å². The van der Waals surface area contributed by atoms with Crippen molar-refractivity contribution in [2.45, 2.75) is 19.3 Å². The second-order valence-corrected chi connectivity index (χ2v) is 7.17. The van der Waals surface area contributed by atoms with Gasteiger partial charge in [-0.2, -0.15) is 4.98 Å². The molecule has 0 fully saturated rings. The second-order valence-electron chi connectivity index (χ2n) is 7.17. The van der Waals surface area contributed by atoms with E-state index in [2.05, 4.69) is 25.9 Å². The van der Waals surface area contributed by atoms with Crippen LogP contribution in [0.4, 0.5) is 23.1 Å². The lowest BCUT2D eigenvalue weighted by Gasteiger charge is -2.24. The second kappa shape index (κ2) is 8.31. The smallest absolute Gasteiger partial charge is 0.258 e. The summed E-state index contributed by atoms with van der Waals surface area (Å²) in [6.07, 6.45) is -0.164. The Morgan fingerprint density at radius 1 is 1.16 bits per heavy atom. The summed E-state index contributed by atoms with van der Waals surface area (Å²) in [7, 11) is 1.50. The number of methoxy groups -OCH3 is 1. The molecule has 0 radical (unpaired) electrons. The molecule has 1 aliphatic rings. The molecule has 0 spiro atoms. The molecule has 0 saturated carbocycles. The molecule has 1 aliphatic heterocycles. The van der Waals surface area contributed by atoms with Gasteiger partial charge in [0.2, 0.25) is 17.8 Å². The Bertz CT molecular complexity index is 1210. The van der Waals surface area contributed by atoms with Crippen molar-refractivity contribution in [3.05, 3.63) is 70.0 Å².